The molecule has 0 amide bonds. The van der Waals surface area contributed by atoms with E-state index in [1.54, 1.807) is 6.20 Å². The number of rotatable bonds is 3. The van der Waals surface area contributed by atoms with Crippen LogP contribution in [0.5, 0.6) is 0 Å². The van der Waals surface area contributed by atoms with Gasteiger partial charge in [-0.2, -0.15) is 0 Å². The Hall–Kier alpha value is -1.56. The standard InChI is InChI=1S/C10H16N4O2/c1-2-13-6-4-12-9(13)14-5-3-10(11,7-14)8(15)16/h4,6H,2-3,5,7,11H2,1H3,(H,15,16). The molecule has 6 nitrogen and oxygen atoms in total. The molecule has 2 heterocycles. The van der Waals surface area contributed by atoms with Crippen LogP contribution >= 0.6 is 0 Å². The first-order chi connectivity index (χ1) is 7.57. The summed E-state index contributed by atoms with van der Waals surface area (Å²) in [5.41, 5.74) is 4.68. The Labute approximate surface area is 93.7 Å². The highest BCUT2D eigenvalue weighted by molar-refractivity contribution is 5.80. The van der Waals surface area contributed by atoms with Gasteiger partial charge in [-0.05, 0) is 13.3 Å². The highest BCUT2D eigenvalue weighted by Crippen LogP contribution is 2.24. The lowest BCUT2D eigenvalue weighted by molar-refractivity contribution is -0.142. The van der Waals surface area contributed by atoms with Crippen LogP contribution in [0.15, 0.2) is 12.4 Å². The van der Waals surface area contributed by atoms with Crippen LogP contribution in [0.1, 0.15) is 13.3 Å². The maximum Gasteiger partial charge on any atom is 0.325 e. The first kappa shape index (κ1) is 10.9. The Morgan fingerprint density at radius 1 is 1.75 bits per heavy atom. The van der Waals surface area contributed by atoms with Crippen molar-refractivity contribution >= 4 is 11.9 Å². The monoisotopic (exact) mass is 224 g/mol. The number of aliphatic carboxylic acids is 1. The zero-order valence-electron chi connectivity index (χ0n) is 9.26. The molecule has 0 bridgehead atoms. The Morgan fingerprint density at radius 2 is 2.50 bits per heavy atom. The van der Waals surface area contributed by atoms with Crippen molar-refractivity contribution in [2.45, 2.75) is 25.4 Å². The number of carboxylic acid groups (broad SMARTS) is 1. The maximum atomic E-state index is 11.0. The molecule has 1 aromatic heterocycles. The number of carbonyl (C=O) groups is 1. The van der Waals surface area contributed by atoms with E-state index in [-0.39, 0.29) is 0 Å². The van der Waals surface area contributed by atoms with Crippen molar-refractivity contribution in [3.63, 3.8) is 0 Å². The van der Waals surface area contributed by atoms with Gasteiger partial charge in [0.2, 0.25) is 5.95 Å². The lowest BCUT2D eigenvalue weighted by Gasteiger charge is -2.21. The Bertz CT molecular complexity index is 403. The third-order valence-electron chi connectivity index (χ3n) is 3.04. The molecule has 88 valence electrons. The highest BCUT2D eigenvalue weighted by atomic mass is 16.4. The molecular formula is C10H16N4O2. The van der Waals surface area contributed by atoms with Gasteiger partial charge < -0.3 is 20.3 Å². The lowest BCUT2D eigenvalue weighted by atomic mass is 10.0. The topological polar surface area (TPSA) is 84.4 Å². The smallest absolute Gasteiger partial charge is 0.325 e. The van der Waals surface area contributed by atoms with Gasteiger partial charge in [0.25, 0.3) is 0 Å². The van der Waals surface area contributed by atoms with Crippen molar-refractivity contribution in [3.05, 3.63) is 12.4 Å². The Kier molecular flexibility index (Phi) is 2.59. The largest absolute Gasteiger partial charge is 0.480 e. The van der Waals surface area contributed by atoms with Gasteiger partial charge in [0.1, 0.15) is 5.54 Å². The molecule has 0 aromatic carbocycles. The van der Waals surface area contributed by atoms with E-state index in [4.69, 9.17) is 10.8 Å². The van der Waals surface area contributed by atoms with Crippen molar-refractivity contribution in [3.8, 4) is 0 Å². The van der Waals surface area contributed by atoms with E-state index in [9.17, 15) is 4.79 Å². The van der Waals surface area contributed by atoms with E-state index in [1.165, 1.54) is 0 Å². The zero-order valence-corrected chi connectivity index (χ0v) is 9.26. The van der Waals surface area contributed by atoms with Gasteiger partial charge in [-0.3, -0.25) is 4.79 Å². The van der Waals surface area contributed by atoms with Crippen LogP contribution in [0.4, 0.5) is 5.95 Å². The van der Waals surface area contributed by atoms with Crippen molar-refractivity contribution in [1.29, 1.82) is 0 Å². The summed E-state index contributed by atoms with van der Waals surface area (Å²) in [6, 6.07) is 0. The summed E-state index contributed by atoms with van der Waals surface area (Å²) >= 11 is 0. The van der Waals surface area contributed by atoms with Gasteiger partial charge in [-0.1, -0.05) is 0 Å². The predicted molar refractivity (Wildman–Crippen MR) is 59.3 cm³/mol. The number of aromatic nitrogens is 2. The minimum atomic E-state index is -1.13. The van der Waals surface area contributed by atoms with Crippen molar-refractivity contribution in [2.75, 3.05) is 18.0 Å². The number of anilines is 1. The third-order valence-corrected chi connectivity index (χ3v) is 3.04. The second kappa shape index (κ2) is 3.79. The first-order valence-corrected chi connectivity index (χ1v) is 5.35. The van der Waals surface area contributed by atoms with Crippen molar-refractivity contribution in [1.82, 2.24) is 9.55 Å². The van der Waals surface area contributed by atoms with Gasteiger partial charge in [-0.15, -0.1) is 0 Å². The second-order valence-electron chi connectivity index (χ2n) is 4.15. The number of nitrogens with two attached hydrogens (primary N) is 1. The summed E-state index contributed by atoms with van der Waals surface area (Å²) in [7, 11) is 0. The molecule has 2 rings (SSSR count). The average Bonchev–Trinajstić information content (AvgIpc) is 2.83. The van der Waals surface area contributed by atoms with Crippen LogP contribution in [-0.2, 0) is 11.3 Å². The van der Waals surface area contributed by atoms with Crippen LogP contribution in [0, 0.1) is 0 Å². The van der Waals surface area contributed by atoms with Crippen LogP contribution in [0.3, 0.4) is 0 Å². The molecule has 0 saturated carbocycles. The summed E-state index contributed by atoms with van der Waals surface area (Å²) in [4.78, 5) is 17.2. The van der Waals surface area contributed by atoms with Gasteiger partial charge in [-0.25, -0.2) is 4.98 Å². The summed E-state index contributed by atoms with van der Waals surface area (Å²) in [5.74, 6) is -0.138. The number of imidazole rings is 1. The SMILES string of the molecule is CCn1ccnc1N1CCC(N)(C(=O)O)C1. The van der Waals surface area contributed by atoms with Gasteiger partial charge in [0.15, 0.2) is 0 Å². The Morgan fingerprint density at radius 3 is 3.06 bits per heavy atom. The van der Waals surface area contributed by atoms with Crippen molar-refractivity contribution in [2.24, 2.45) is 5.73 Å². The lowest BCUT2D eigenvalue weighted by Crippen LogP contribution is -2.50. The number of hydrogen-bond acceptors (Lipinski definition) is 4. The van der Waals surface area contributed by atoms with Gasteiger partial charge in [0.05, 0.1) is 0 Å². The molecule has 1 aliphatic heterocycles. The summed E-state index contributed by atoms with van der Waals surface area (Å²) in [5, 5.41) is 9.04. The third kappa shape index (κ3) is 1.65. The van der Waals surface area contributed by atoms with E-state index < -0.39 is 11.5 Å². The molecule has 3 N–H and O–H groups in total. The van der Waals surface area contributed by atoms with E-state index >= 15 is 0 Å². The zero-order chi connectivity index (χ0) is 11.8. The van der Waals surface area contributed by atoms with Gasteiger partial charge >= 0.3 is 5.97 Å². The first-order valence-electron chi connectivity index (χ1n) is 5.35. The van der Waals surface area contributed by atoms with E-state index in [2.05, 4.69) is 4.98 Å². The average molecular weight is 224 g/mol. The minimum Gasteiger partial charge on any atom is -0.480 e. The molecule has 1 unspecified atom stereocenters. The van der Waals surface area contributed by atoms with E-state index in [1.807, 2.05) is 22.6 Å². The normalized spacial score (nSPS) is 25.0. The molecule has 0 aliphatic carbocycles. The summed E-state index contributed by atoms with van der Waals surface area (Å²) < 4.78 is 1.98. The number of hydrogen-bond donors (Lipinski definition) is 2. The van der Waals surface area contributed by atoms with E-state index in [0.717, 1.165) is 12.5 Å². The van der Waals surface area contributed by atoms with E-state index in [0.29, 0.717) is 19.5 Å². The molecule has 0 radical (unpaired) electrons. The van der Waals surface area contributed by atoms with Crippen LogP contribution in [-0.4, -0.2) is 39.3 Å². The molecule has 16 heavy (non-hydrogen) atoms. The molecule has 1 fully saturated rings. The molecular weight excluding hydrogens is 208 g/mol. The predicted octanol–water partition coefficient (Wildman–Crippen LogP) is -0.105. The molecule has 1 aromatic rings. The molecule has 1 atom stereocenters. The van der Waals surface area contributed by atoms with Crippen LogP contribution in [0.25, 0.3) is 0 Å². The fourth-order valence-electron chi connectivity index (χ4n) is 2.01. The number of carboxylic acids is 1. The molecule has 1 saturated heterocycles. The Balaban J connectivity index is 2.18. The van der Waals surface area contributed by atoms with Crippen molar-refractivity contribution < 1.29 is 9.90 Å². The molecule has 1 aliphatic rings. The quantitative estimate of drug-likeness (QED) is 0.748. The second-order valence-corrected chi connectivity index (χ2v) is 4.15. The minimum absolute atomic E-state index is 0.319. The van der Waals surface area contributed by atoms with Crippen LogP contribution < -0.4 is 10.6 Å². The molecule has 0 spiro atoms. The fourth-order valence-corrected chi connectivity index (χ4v) is 2.01. The van der Waals surface area contributed by atoms with Gasteiger partial charge in [0, 0.05) is 32.0 Å². The highest BCUT2D eigenvalue weighted by Gasteiger charge is 2.42. The number of nitrogens with zero attached hydrogens (tertiary/aromatic N) is 3. The number of aryl methyl sites for hydroxylation is 1. The van der Waals surface area contributed by atoms with Crippen LogP contribution in [0.2, 0.25) is 0 Å². The summed E-state index contributed by atoms with van der Waals surface area (Å²) in [6.45, 7) is 3.80. The maximum absolute atomic E-state index is 11.0. The molecule has 6 heteroatoms. The summed E-state index contributed by atoms with van der Waals surface area (Å²) in [6.07, 6.45) is 4.06. The fraction of sp³-hybridized carbons (Fsp3) is 0.600.